The molecule has 0 saturated heterocycles. The molecule has 0 bridgehead atoms. The van der Waals surface area contributed by atoms with E-state index in [1.165, 1.54) is 12.1 Å². The Morgan fingerprint density at radius 1 is 1.48 bits per heavy atom. The number of sulfonamides is 1. The van der Waals surface area contributed by atoms with Gasteiger partial charge in [0.25, 0.3) is 0 Å². The maximum absolute atomic E-state index is 11.3. The fraction of sp³-hybridized carbons (Fsp3) is 0.308. The second-order valence-electron chi connectivity index (χ2n) is 4.68. The number of aromatic nitrogens is 2. The smallest absolute Gasteiger partial charge is 0.238 e. The molecule has 2 aromatic rings. The van der Waals surface area contributed by atoms with Crippen molar-refractivity contribution in [2.45, 2.75) is 31.3 Å². The zero-order valence-electron chi connectivity index (χ0n) is 11.7. The number of aryl methyl sites for hydroxylation is 1. The van der Waals surface area contributed by atoms with Crippen molar-refractivity contribution < 1.29 is 8.42 Å². The molecule has 0 aliphatic rings. The van der Waals surface area contributed by atoms with E-state index >= 15 is 0 Å². The fourth-order valence-electron chi connectivity index (χ4n) is 1.88. The average Bonchev–Trinajstić information content (AvgIpc) is 2.88. The van der Waals surface area contributed by atoms with Gasteiger partial charge in [0.15, 0.2) is 0 Å². The first-order valence-electron chi connectivity index (χ1n) is 6.42. The highest BCUT2D eigenvalue weighted by Crippen LogP contribution is 2.28. The Bertz CT molecular complexity index is 742. The Kier molecular flexibility index (Phi) is 4.70. The molecule has 1 atom stereocenters. The quantitative estimate of drug-likeness (QED) is 0.843. The Morgan fingerprint density at radius 2 is 2.19 bits per heavy atom. The van der Waals surface area contributed by atoms with Gasteiger partial charge in [0.2, 0.25) is 10.0 Å². The lowest BCUT2D eigenvalue weighted by molar-refractivity contribution is 0.598. The van der Waals surface area contributed by atoms with Gasteiger partial charge in [-0.3, -0.25) is 4.68 Å². The molecule has 0 saturated carbocycles. The summed E-state index contributed by atoms with van der Waals surface area (Å²) >= 11 is 3.36. The van der Waals surface area contributed by atoms with Crippen LogP contribution in [0, 0.1) is 0 Å². The molecule has 0 fully saturated rings. The van der Waals surface area contributed by atoms with Gasteiger partial charge in [-0.2, -0.15) is 5.10 Å². The summed E-state index contributed by atoms with van der Waals surface area (Å²) in [6.07, 6.45) is 3.79. The highest BCUT2D eigenvalue weighted by atomic mass is 79.9. The minimum atomic E-state index is -3.69. The van der Waals surface area contributed by atoms with Crippen LogP contribution in [0.5, 0.6) is 0 Å². The van der Waals surface area contributed by atoms with Crippen molar-refractivity contribution in [1.82, 2.24) is 9.78 Å². The maximum atomic E-state index is 11.3. The predicted molar refractivity (Wildman–Crippen MR) is 85.5 cm³/mol. The molecular formula is C13H17BrN4O2S. The van der Waals surface area contributed by atoms with Crippen molar-refractivity contribution in [3.63, 3.8) is 0 Å². The van der Waals surface area contributed by atoms with E-state index in [0.29, 0.717) is 4.47 Å². The summed E-state index contributed by atoms with van der Waals surface area (Å²) in [5.41, 5.74) is 1.85. The number of benzene rings is 1. The van der Waals surface area contributed by atoms with E-state index in [0.717, 1.165) is 17.8 Å². The minimum Gasteiger partial charge on any atom is -0.377 e. The molecule has 0 aliphatic heterocycles. The Balaban J connectivity index is 2.19. The van der Waals surface area contributed by atoms with Crippen LogP contribution in [-0.2, 0) is 16.6 Å². The van der Waals surface area contributed by atoms with Crippen LogP contribution in [0.15, 0.2) is 40.0 Å². The number of hydrogen-bond acceptors (Lipinski definition) is 4. The van der Waals surface area contributed by atoms with Gasteiger partial charge in [-0.15, -0.1) is 0 Å². The largest absolute Gasteiger partial charge is 0.377 e. The summed E-state index contributed by atoms with van der Waals surface area (Å²) in [6.45, 7) is 4.86. The zero-order chi connectivity index (χ0) is 15.6. The number of nitrogens with two attached hydrogens (primary N) is 1. The van der Waals surface area contributed by atoms with E-state index in [1.807, 2.05) is 30.9 Å². The second kappa shape index (κ2) is 6.17. The zero-order valence-corrected chi connectivity index (χ0v) is 14.1. The van der Waals surface area contributed by atoms with Crippen LogP contribution in [0.2, 0.25) is 0 Å². The van der Waals surface area contributed by atoms with Crippen LogP contribution < -0.4 is 10.5 Å². The molecule has 114 valence electrons. The molecule has 0 radical (unpaired) electrons. The first-order valence-corrected chi connectivity index (χ1v) is 8.76. The highest BCUT2D eigenvalue weighted by molar-refractivity contribution is 9.10. The fourth-order valence-corrected chi connectivity index (χ4v) is 3.07. The third-order valence-electron chi connectivity index (χ3n) is 3.12. The highest BCUT2D eigenvalue weighted by Gasteiger charge is 2.13. The lowest BCUT2D eigenvalue weighted by Crippen LogP contribution is -2.12. The number of nitrogens with one attached hydrogen (secondary N) is 1. The lowest BCUT2D eigenvalue weighted by atomic mass is 10.2. The van der Waals surface area contributed by atoms with Crippen molar-refractivity contribution in [2.24, 2.45) is 5.14 Å². The van der Waals surface area contributed by atoms with Crippen molar-refractivity contribution in [3.05, 3.63) is 40.6 Å². The number of nitrogens with zero attached hydrogens (tertiary/aromatic N) is 2. The molecule has 1 unspecified atom stereocenters. The molecule has 1 aromatic carbocycles. The normalized spacial score (nSPS) is 13.1. The first kappa shape index (κ1) is 16.0. The Hall–Kier alpha value is -1.38. The average molecular weight is 373 g/mol. The van der Waals surface area contributed by atoms with E-state index < -0.39 is 10.0 Å². The van der Waals surface area contributed by atoms with E-state index in [-0.39, 0.29) is 10.9 Å². The topological polar surface area (TPSA) is 90.0 Å². The first-order chi connectivity index (χ1) is 9.81. The van der Waals surface area contributed by atoms with Crippen LogP contribution in [0.3, 0.4) is 0 Å². The van der Waals surface area contributed by atoms with Crippen LogP contribution in [0.4, 0.5) is 5.69 Å². The van der Waals surface area contributed by atoms with Gasteiger partial charge in [-0.1, -0.05) is 0 Å². The third kappa shape index (κ3) is 3.84. The number of rotatable bonds is 5. The van der Waals surface area contributed by atoms with Crippen LogP contribution in [-0.4, -0.2) is 18.2 Å². The van der Waals surface area contributed by atoms with Crippen LogP contribution in [0.1, 0.15) is 25.5 Å². The molecule has 1 aromatic heterocycles. The summed E-state index contributed by atoms with van der Waals surface area (Å²) in [6, 6.07) is 4.69. The molecule has 0 amide bonds. The summed E-state index contributed by atoms with van der Waals surface area (Å²) < 4.78 is 25.1. The van der Waals surface area contributed by atoms with Gasteiger partial charge in [0.1, 0.15) is 0 Å². The Labute approximate surface area is 132 Å². The number of primary sulfonamides is 1. The van der Waals surface area contributed by atoms with Crippen molar-refractivity contribution >= 4 is 31.6 Å². The van der Waals surface area contributed by atoms with E-state index in [1.54, 1.807) is 6.07 Å². The van der Waals surface area contributed by atoms with Gasteiger partial charge in [-0.05, 0) is 48.0 Å². The molecule has 6 nitrogen and oxygen atoms in total. The van der Waals surface area contributed by atoms with Gasteiger partial charge < -0.3 is 5.32 Å². The maximum Gasteiger partial charge on any atom is 0.238 e. The lowest BCUT2D eigenvalue weighted by Gasteiger charge is -2.15. The summed E-state index contributed by atoms with van der Waals surface area (Å²) in [5.74, 6) is 0. The molecular weight excluding hydrogens is 356 g/mol. The van der Waals surface area contributed by atoms with Gasteiger partial charge in [0, 0.05) is 28.5 Å². The minimum absolute atomic E-state index is 0.0435. The second-order valence-corrected chi connectivity index (χ2v) is 7.10. The van der Waals surface area contributed by atoms with Crippen LogP contribution in [0.25, 0.3) is 0 Å². The molecule has 21 heavy (non-hydrogen) atoms. The van der Waals surface area contributed by atoms with Crippen LogP contribution >= 0.6 is 15.9 Å². The summed E-state index contributed by atoms with van der Waals surface area (Å²) in [7, 11) is -3.69. The third-order valence-corrected chi connectivity index (χ3v) is 4.69. The number of halogens is 1. The van der Waals surface area contributed by atoms with E-state index in [9.17, 15) is 8.42 Å². The summed E-state index contributed by atoms with van der Waals surface area (Å²) in [4.78, 5) is 0.0754. The predicted octanol–water partition coefficient (Wildman–Crippen LogP) is 2.49. The van der Waals surface area contributed by atoms with E-state index in [4.69, 9.17) is 5.14 Å². The van der Waals surface area contributed by atoms with Crippen molar-refractivity contribution in [1.29, 1.82) is 0 Å². The van der Waals surface area contributed by atoms with E-state index in [2.05, 4.69) is 26.3 Å². The molecule has 0 spiro atoms. The summed E-state index contributed by atoms with van der Waals surface area (Å²) in [5, 5.41) is 12.6. The van der Waals surface area contributed by atoms with Gasteiger partial charge in [0.05, 0.1) is 17.1 Å². The molecule has 2 rings (SSSR count). The number of hydrogen-bond donors (Lipinski definition) is 2. The Morgan fingerprint density at radius 3 is 2.71 bits per heavy atom. The van der Waals surface area contributed by atoms with Crippen molar-refractivity contribution in [2.75, 3.05) is 5.32 Å². The SMILES string of the molecule is CCn1cc(C(C)Nc2ccc(S(N)(=O)=O)cc2Br)cn1. The molecule has 0 aliphatic carbocycles. The van der Waals surface area contributed by atoms with Gasteiger partial charge in [-0.25, -0.2) is 13.6 Å². The number of anilines is 1. The standard InChI is InChI=1S/C13H17BrN4O2S/c1-3-18-8-10(7-16-18)9(2)17-13-5-4-11(6-12(13)14)21(15,19)20/h4-9,17H,3H2,1-2H3,(H2,15,19,20). The monoisotopic (exact) mass is 372 g/mol. The van der Waals surface area contributed by atoms with Gasteiger partial charge >= 0.3 is 0 Å². The van der Waals surface area contributed by atoms with Crippen molar-refractivity contribution in [3.8, 4) is 0 Å². The molecule has 1 heterocycles. The molecule has 8 heteroatoms. The molecule has 3 N–H and O–H groups in total.